The first-order chi connectivity index (χ1) is 7.05. The van der Waals surface area contributed by atoms with Gasteiger partial charge in [-0.15, -0.1) is 0 Å². The van der Waals surface area contributed by atoms with Gasteiger partial charge in [0.05, 0.1) is 0 Å². The van der Waals surface area contributed by atoms with E-state index in [1.165, 1.54) is 0 Å². The monoisotopic (exact) mass is 372 g/mol. The molecule has 2 atom stereocenters. The molecule has 20 heavy (non-hydrogen) atoms. The number of hydrogen-bond donors (Lipinski definition) is 4. The van der Waals surface area contributed by atoms with E-state index in [4.69, 9.17) is 20.6 Å². The molecule has 0 rings (SSSR count). The first-order valence-electron chi connectivity index (χ1n) is 4.49. The van der Waals surface area contributed by atoms with E-state index in [2.05, 4.69) is 0 Å². The maximum atomic E-state index is 10.5. The van der Waals surface area contributed by atoms with Crippen molar-refractivity contribution in [3.05, 3.63) is 0 Å². The minimum atomic E-state index is -4.25. The fraction of sp³-hybridized carbons (Fsp3) is 1.00. The predicted octanol–water partition coefficient (Wildman–Crippen LogP) is -12.6. The number of unbranched alkanes of at least 4 members (excludes halogenated alkanes) is 1. The van der Waals surface area contributed by atoms with Crippen LogP contribution < -0.4 is 130 Å². The molecule has 0 aliphatic heterocycles. The fourth-order valence-corrected chi connectivity index (χ4v) is 1.92. The van der Waals surface area contributed by atoms with Crippen molar-refractivity contribution in [3.8, 4) is 0 Å². The Morgan fingerprint density at radius 3 is 1.10 bits per heavy atom. The molecule has 0 aromatic heterocycles. The first-order valence-corrected chi connectivity index (χ1v) is 7.49. The average molecular weight is 372 g/mol. The van der Waals surface area contributed by atoms with E-state index in [1.54, 1.807) is 0 Å². The summed E-state index contributed by atoms with van der Waals surface area (Å²) in [5.74, 6) is 0. The molecule has 8 nitrogen and oxygen atoms in total. The molecule has 0 radical (unpaired) electrons. The van der Waals surface area contributed by atoms with Crippen LogP contribution in [0.3, 0.4) is 0 Å². The Hall–Kier alpha value is 3.74. The molecule has 0 fully saturated rings. The average Bonchev–Trinajstić information content (AvgIpc) is 2.08. The summed E-state index contributed by atoms with van der Waals surface area (Å²) in [6.07, 6.45) is 0.558. The standard InChI is InChI=1S/C6H16N2O6S2.4Na.4H/c7-5(15(9,10)11)3-1-2-4-6(8)16(12,13)14;;;;;;;;/h5-6H,1-4,7-8H2,(H,9,10,11)(H,12,13,14);;;;;;;;/q;4*+1;4*-1. The van der Waals surface area contributed by atoms with Crippen LogP contribution in [-0.4, -0.2) is 36.7 Å². The molecule has 0 bridgehead atoms. The third kappa shape index (κ3) is 18.1. The van der Waals surface area contributed by atoms with Crippen LogP contribution in [0.5, 0.6) is 0 Å². The maximum Gasteiger partial charge on any atom is 1.00 e. The molecule has 0 amide bonds. The van der Waals surface area contributed by atoms with Gasteiger partial charge in [-0.05, 0) is 12.8 Å². The summed E-state index contributed by atoms with van der Waals surface area (Å²) < 4.78 is 59.0. The second-order valence-corrected chi connectivity index (χ2v) is 6.66. The summed E-state index contributed by atoms with van der Waals surface area (Å²) in [5, 5.41) is -2.76. The summed E-state index contributed by atoms with van der Waals surface area (Å²) >= 11 is 0. The largest absolute Gasteiger partial charge is 1.00 e. The zero-order chi connectivity index (χ0) is 13.0. The Morgan fingerprint density at radius 2 is 0.950 bits per heavy atom. The van der Waals surface area contributed by atoms with Gasteiger partial charge >= 0.3 is 118 Å². The minimum absolute atomic E-state index is 0. The van der Waals surface area contributed by atoms with Crippen LogP contribution in [0.25, 0.3) is 0 Å². The normalized spacial score (nSPS) is 13.6. The Labute approximate surface area is 214 Å². The summed E-state index contributed by atoms with van der Waals surface area (Å²) in [6, 6.07) is 0. The summed E-state index contributed by atoms with van der Waals surface area (Å²) in [4.78, 5) is 0. The molecule has 106 valence electrons. The van der Waals surface area contributed by atoms with E-state index in [0.29, 0.717) is 0 Å². The SMILES string of the molecule is NC(CCCCC(N)S(=O)(=O)O)S(=O)(=O)O.[H-].[H-].[H-].[H-].[Na+].[Na+].[Na+].[Na+]. The van der Waals surface area contributed by atoms with Crippen molar-refractivity contribution < 1.29 is 150 Å². The van der Waals surface area contributed by atoms with Crippen molar-refractivity contribution in [2.24, 2.45) is 11.5 Å². The van der Waals surface area contributed by atoms with E-state index in [1.807, 2.05) is 0 Å². The molecule has 0 aliphatic carbocycles. The Morgan fingerprint density at radius 1 is 0.750 bits per heavy atom. The van der Waals surface area contributed by atoms with Gasteiger partial charge in [0, 0.05) is 0 Å². The van der Waals surface area contributed by atoms with Gasteiger partial charge in [-0.25, -0.2) is 0 Å². The third-order valence-corrected chi connectivity index (χ3v) is 3.99. The Bertz CT molecular complexity index is 393. The van der Waals surface area contributed by atoms with Crippen LogP contribution in [0.2, 0.25) is 0 Å². The zero-order valence-electron chi connectivity index (χ0n) is 16.5. The van der Waals surface area contributed by atoms with Gasteiger partial charge in [0.2, 0.25) is 0 Å². The predicted molar refractivity (Wildman–Crippen MR) is 62.0 cm³/mol. The van der Waals surface area contributed by atoms with Gasteiger partial charge in [-0.3, -0.25) is 9.11 Å². The van der Waals surface area contributed by atoms with Crippen LogP contribution in [0.4, 0.5) is 0 Å². The van der Waals surface area contributed by atoms with E-state index < -0.39 is 31.0 Å². The molecule has 0 heterocycles. The summed E-state index contributed by atoms with van der Waals surface area (Å²) in [6.45, 7) is 0. The number of rotatable bonds is 7. The quantitative estimate of drug-likeness (QED) is 0.195. The van der Waals surface area contributed by atoms with E-state index in [9.17, 15) is 16.8 Å². The molecule has 6 N–H and O–H groups in total. The van der Waals surface area contributed by atoms with Gasteiger partial charge in [0.1, 0.15) is 10.7 Å². The Balaban J connectivity index is -0.0000000402. The molecular weight excluding hydrogens is 352 g/mol. The molecule has 0 aliphatic rings. The smallest absolute Gasteiger partial charge is 1.00 e. The van der Waals surface area contributed by atoms with Crippen LogP contribution >= 0.6 is 0 Å². The molecular formula is C6H20N2Na4O6S2. The van der Waals surface area contributed by atoms with Crippen molar-refractivity contribution in [1.29, 1.82) is 0 Å². The number of hydrogen-bond acceptors (Lipinski definition) is 6. The van der Waals surface area contributed by atoms with Crippen molar-refractivity contribution in [2.45, 2.75) is 36.4 Å². The maximum absolute atomic E-state index is 10.5. The van der Waals surface area contributed by atoms with E-state index in [-0.39, 0.29) is 150 Å². The summed E-state index contributed by atoms with van der Waals surface area (Å²) in [5.41, 5.74) is 10.2. The second kappa shape index (κ2) is 16.2. The molecule has 14 heteroatoms. The molecule has 0 aromatic rings. The van der Waals surface area contributed by atoms with Gasteiger partial charge in [0.25, 0.3) is 20.2 Å². The van der Waals surface area contributed by atoms with Crippen LogP contribution in [0.15, 0.2) is 0 Å². The fourth-order valence-electron chi connectivity index (χ4n) is 0.989. The van der Waals surface area contributed by atoms with Crippen molar-refractivity contribution in [2.75, 3.05) is 0 Å². The van der Waals surface area contributed by atoms with E-state index >= 15 is 0 Å². The minimum Gasteiger partial charge on any atom is -1.00 e. The van der Waals surface area contributed by atoms with Crippen molar-refractivity contribution in [3.63, 3.8) is 0 Å². The first kappa shape index (κ1) is 35.0. The van der Waals surface area contributed by atoms with E-state index in [0.717, 1.165) is 0 Å². The molecule has 0 spiro atoms. The van der Waals surface area contributed by atoms with Crippen LogP contribution in [0, 0.1) is 0 Å². The van der Waals surface area contributed by atoms with Crippen molar-refractivity contribution >= 4 is 20.2 Å². The van der Waals surface area contributed by atoms with Crippen LogP contribution in [-0.2, 0) is 20.2 Å². The molecule has 0 saturated heterocycles. The molecule has 0 aromatic carbocycles. The topological polar surface area (TPSA) is 161 Å². The van der Waals surface area contributed by atoms with Gasteiger partial charge < -0.3 is 17.2 Å². The molecule has 2 unspecified atom stereocenters. The third-order valence-electron chi connectivity index (χ3n) is 1.99. The summed E-state index contributed by atoms with van der Waals surface area (Å²) in [7, 11) is -8.51. The number of nitrogens with two attached hydrogens (primary N) is 2. The second-order valence-electron chi connectivity index (χ2n) is 3.39. The Kier molecular flexibility index (Phi) is 28.4. The van der Waals surface area contributed by atoms with Gasteiger partial charge in [-0.2, -0.15) is 16.8 Å². The molecule has 0 saturated carbocycles. The van der Waals surface area contributed by atoms with Gasteiger partial charge in [0.15, 0.2) is 0 Å². The zero-order valence-corrected chi connectivity index (χ0v) is 22.1. The van der Waals surface area contributed by atoms with Crippen LogP contribution in [0.1, 0.15) is 31.4 Å². The van der Waals surface area contributed by atoms with Gasteiger partial charge in [-0.1, -0.05) is 12.8 Å². The van der Waals surface area contributed by atoms with Crippen molar-refractivity contribution in [1.82, 2.24) is 0 Å².